The monoisotopic (exact) mass is 319 g/mol. The molecule has 0 aliphatic carbocycles. The van der Waals surface area contributed by atoms with E-state index < -0.39 is 0 Å². The number of ether oxygens (including phenoxy) is 2. The molecule has 3 nitrogen and oxygen atoms in total. The summed E-state index contributed by atoms with van der Waals surface area (Å²) in [6.07, 6.45) is 0. The van der Waals surface area contributed by atoms with Crippen molar-refractivity contribution in [2.45, 2.75) is 13.2 Å². The van der Waals surface area contributed by atoms with Gasteiger partial charge in [-0.3, -0.25) is 0 Å². The summed E-state index contributed by atoms with van der Waals surface area (Å²) in [5, 5.41) is 3.42. The fourth-order valence-electron chi connectivity index (χ4n) is 2.43. The van der Waals surface area contributed by atoms with E-state index in [-0.39, 0.29) is 0 Å². The van der Waals surface area contributed by atoms with E-state index in [1.54, 1.807) is 7.11 Å². The van der Waals surface area contributed by atoms with Crippen LogP contribution in [0.2, 0.25) is 0 Å². The van der Waals surface area contributed by atoms with Crippen LogP contribution >= 0.6 is 0 Å². The lowest BCUT2D eigenvalue weighted by atomic mass is 10.2. The van der Waals surface area contributed by atoms with Crippen LogP contribution in [0.15, 0.2) is 78.9 Å². The molecule has 24 heavy (non-hydrogen) atoms. The summed E-state index contributed by atoms with van der Waals surface area (Å²) in [4.78, 5) is 0. The Labute approximate surface area is 142 Å². The second-order valence-corrected chi connectivity index (χ2v) is 5.46. The zero-order valence-electron chi connectivity index (χ0n) is 13.7. The number of methoxy groups -OCH3 is 1. The molecule has 0 unspecified atom stereocenters. The maximum atomic E-state index is 5.99. The molecule has 0 fully saturated rings. The highest BCUT2D eigenvalue weighted by atomic mass is 16.5. The Morgan fingerprint density at radius 3 is 2.25 bits per heavy atom. The number of nitrogens with one attached hydrogen (secondary N) is 1. The molecule has 3 aromatic rings. The summed E-state index contributed by atoms with van der Waals surface area (Å²) >= 11 is 0. The van der Waals surface area contributed by atoms with Crippen LogP contribution in [0.5, 0.6) is 11.5 Å². The molecule has 0 saturated carbocycles. The molecule has 3 rings (SSSR count). The van der Waals surface area contributed by atoms with Crippen molar-refractivity contribution in [2.75, 3.05) is 12.4 Å². The molecule has 1 N–H and O–H groups in total. The molecule has 0 aliphatic rings. The molecule has 0 saturated heterocycles. The predicted octanol–water partition coefficient (Wildman–Crippen LogP) is 4.89. The van der Waals surface area contributed by atoms with Gasteiger partial charge in [0.2, 0.25) is 0 Å². The van der Waals surface area contributed by atoms with E-state index in [0.29, 0.717) is 13.2 Å². The summed E-state index contributed by atoms with van der Waals surface area (Å²) in [7, 11) is 1.67. The van der Waals surface area contributed by atoms with Crippen LogP contribution in [0.1, 0.15) is 11.1 Å². The minimum Gasteiger partial charge on any atom is -0.497 e. The van der Waals surface area contributed by atoms with E-state index in [2.05, 4.69) is 23.5 Å². The van der Waals surface area contributed by atoms with Crippen LogP contribution in [-0.2, 0) is 13.2 Å². The van der Waals surface area contributed by atoms with Gasteiger partial charge in [0.25, 0.3) is 0 Å². The van der Waals surface area contributed by atoms with Gasteiger partial charge in [0.1, 0.15) is 18.1 Å². The van der Waals surface area contributed by atoms with Gasteiger partial charge < -0.3 is 14.8 Å². The third kappa shape index (κ3) is 4.29. The third-order valence-corrected chi connectivity index (χ3v) is 3.78. The van der Waals surface area contributed by atoms with Crippen LogP contribution in [0.3, 0.4) is 0 Å². The quantitative estimate of drug-likeness (QED) is 0.673. The molecule has 0 spiro atoms. The van der Waals surface area contributed by atoms with Gasteiger partial charge in [-0.05, 0) is 35.9 Å². The highest BCUT2D eigenvalue weighted by molar-refractivity contribution is 5.47. The topological polar surface area (TPSA) is 30.5 Å². The molecule has 0 aromatic heterocycles. The van der Waals surface area contributed by atoms with Crippen molar-refractivity contribution in [3.63, 3.8) is 0 Å². The molecule has 3 aromatic carbocycles. The molecule has 0 amide bonds. The van der Waals surface area contributed by atoms with Crippen molar-refractivity contribution in [3.05, 3.63) is 90.0 Å². The summed E-state index contributed by atoms with van der Waals surface area (Å²) in [5.41, 5.74) is 3.34. The minimum atomic E-state index is 0.570. The molecule has 0 aliphatic heterocycles. The van der Waals surface area contributed by atoms with Gasteiger partial charge in [-0.25, -0.2) is 0 Å². The lowest BCUT2D eigenvalue weighted by molar-refractivity contribution is 0.303. The Bertz CT molecular complexity index is 754. The van der Waals surface area contributed by atoms with Crippen LogP contribution in [0, 0.1) is 0 Å². The largest absolute Gasteiger partial charge is 0.497 e. The Morgan fingerprint density at radius 2 is 1.50 bits per heavy atom. The summed E-state index contributed by atoms with van der Waals surface area (Å²) in [5.74, 6) is 1.76. The third-order valence-electron chi connectivity index (χ3n) is 3.78. The van der Waals surface area contributed by atoms with Gasteiger partial charge in [0.05, 0.1) is 7.11 Å². The van der Waals surface area contributed by atoms with Crippen molar-refractivity contribution in [2.24, 2.45) is 0 Å². The van der Waals surface area contributed by atoms with Gasteiger partial charge in [-0.1, -0.05) is 48.5 Å². The van der Waals surface area contributed by atoms with Crippen LogP contribution < -0.4 is 14.8 Å². The number of hydrogen-bond acceptors (Lipinski definition) is 3. The Hall–Kier alpha value is -2.94. The summed E-state index contributed by atoms with van der Waals surface area (Å²) in [6, 6.07) is 26.2. The van der Waals surface area contributed by atoms with Crippen molar-refractivity contribution >= 4 is 5.69 Å². The normalized spacial score (nSPS) is 10.2. The molecular formula is C21H21NO2. The molecular weight excluding hydrogens is 298 g/mol. The highest BCUT2D eigenvalue weighted by Gasteiger charge is 2.04. The molecule has 0 bridgehead atoms. The van der Waals surface area contributed by atoms with Crippen LogP contribution in [0.25, 0.3) is 0 Å². The van der Waals surface area contributed by atoms with E-state index >= 15 is 0 Å². The van der Waals surface area contributed by atoms with Gasteiger partial charge >= 0.3 is 0 Å². The van der Waals surface area contributed by atoms with E-state index in [1.165, 1.54) is 0 Å². The van der Waals surface area contributed by atoms with E-state index in [9.17, 15) is 0 Å². The van der Waals surface area contributed by atoms with E-state index in [1.807, 2.05) is 60.7 Å². The first-order chi connectivity index (χ1) is 11.8. The zero-order valence-corrected chi connectivity index (χ0v) is 13.7. The lowest BCUT2D eigenvalue weighted by Gasteiger charge is -2.13. The van der Waals surface area contributed by atoms with Crippen LogP contribution in [0.4, 0.5) is 5.69 Å². The maximum absolute atomic E-state index is 5.99. The Kier molecular flexibility index (Phi) is 5.36. The van der Waals surface area contributed by atoms with Gasteiger partial charge in [0, 0.05) is 17.8 Å². The molecule has 3 heteroatoms. The first-order valence-electron chi connectivity index (χ1n) is 7.98. The Morgan fingerprint density at radius 1 is 0.792 bits per heavy atom. The fraction of sp³-hybridized carbons (Fsp3) is 0.143. The van der Waals surface area contributed by atoms with Crippen molar-refractivity contribution in [3.8, 4) is 11.5 Å². The zero-order chi connectivity index (χ0) is 16.6. The standard InChI is InChI=1S/C21H21NO2/c1-23-20-13-11-19(12-14-20)22-15-18-9-5-6-10-21(18)24-16-17-7-3-2-4-8-17/h2-14,22H,15-16H2,1H3. The minimum absolute atomic E-state index is 0.570. The average molecular weight is 319 g/mol. The van der Waals surface area contributed by atoms with E-state index in [0.717, 1.165) is 28.3 Å². The molecule has 0 heterocycles. The number of para-hydroxylation sites is 1. The molecule has 122 valence electrons. The summed E-state index contributed by atoms with van der Waals surface area (Å²) in [6.45, 7) is 1.28. The Balaban J connectivity index is 1.63. The van der Waals surface area contributed by atoms with E-state index in [4.69, 9.17) is 9.47 Å². The predicted molar refractivity (Wildman–Crippen MR) is 97.5 cm³/mol. The lowest BCUT2D eigenvalue weighted by Crippen LogP contribution is -2.03. The second-order valence-electron chi connectivity index (χ2n) is 5.46. The molecule has 0 atom stereocenters. The summed E-state index contributed by atoms with van der Waals surface area (Å²) < 4.78 is 11.2. The number of rotatable bonds is 7. The average Bonchev–Trinajstić information content (AvgIpc) is 2.66. The van der Waals surface area contributed by atoms with Gasteiger partial charge in [0.15, 0.2) is 0 Å². The SMILES string of the molecule is COc1ccc(NCc2ccccc2OCc2ccccc2)cc1. The van der Waals surface area contributed by atoms with Gasteiger partial charge in [-0.2, -0.15) is 0 Å². The van der Waals surface area contributed by atoms with Crippen molar-refractivity contribution < 1.29 is 9.47 Å². The van der Waals surface area contributed by atoms with Crippen LogP contribution in [-0.4, -0.2) is 7.11 Å². The smallest absolute Gasteiger partial charge is 0.124 e. The fourth-order valence-corrected chi connectivity index (χ4v) is 2.43. The molecule has 0 radical (unpaired) electrons. The number of benzene rings is 3. The van der Waals surface area contributed by atoms with Gasteiger partial charge in [-0.15, -0.1) is 0 Å². The van der Waals surface area contributed by atoms with Crippen molar-refractivity contribution in [1.82, 2.24) is 0 Å². The first kappa shape index (κ1) is 15.9. The van der Waals surface area contributed by atoms with Crippen molar-refractivity contribution in [1.29, 1.82) is 0 Å². The maximum Gasteiger partial charge on any atom is 0.124 e. The second kappa shape index (κ2) is 8.06. The highest BCUT2D eigenvalue weighted by Crippen LogP contribution is 2.22. The number of anilines is 1. The first-order valence-corrected chi connectivity index (χ1v) is 7.98. The number of hydrogen-bond donors (Lipinski definition) is 1.